The molecule has 1 N–H and O–H groups in total. The highest BCUT2D eigenvalue weighted by atomic mass is 35.5. The maximum atomic E-state index is 9.95. The van der Waals surface area contributed by atoms with Gasteiger partial charge in [-0.25, -0.2) is 4.79 Å². The Balaban J connectivity index is 0. The molecule has 5 heteroatoms. The maximum absolute atomic E-state index is 9.95. The van der Waals surface area contributed by atoms with Crippen LogP contribution >= 0.6 is 24.8 Å². The molecule has 0 fully saturated rings. The number of carboxylic acid groups (broad SMARTS) is 1. The van der Waals surface area contributed by atoms with Gasteiger partial charge < -0.3 is 9.84 Å². The van der Waals surface area contributed by atoms with E-state index in [1.807, 2.05) is 0 Å². The third-order valence-corrected chi connectivity index (χ3v) is 0.948. The number of carbonyl (C=O) groups is 1. The van der Waals surface area contributed by atoms with Gasteiger partial charge in [-0.3, -0.25) is 0 Å². The van der Waals surface area contributed by atoms with Gasteiger partial charge in [-0.05, 0) is 12.1 Å². The Morgan fingerprint density at radius 2 is 1.67 bits per heavy atom. The Labute approximate surface area is 82.2 Å². The van der Waals surface area contributed by atoms with Crippen molar-refractivity contribution in [2.75, 3.05) is 0 Å². The molecule has 0 aliphatic heterocycles. The predicted molar refractivity (Wildman–Crippen MR) is 49.6 cm³/mol. The molecule has 0 amide bonds. The zero-order valence-electron chi connectivity index (χ0n) is 5.97. The standard InChI is InChI=1S/C7H6O3.2ClH/c8-7(9)10-6-4-2-1-3-5-6;;/h1-5H,(H,8,9);2*1H. The third-order valence-electron chi connectivity index (χ3n) is 0.948. The number of hydrogen-bond acceptors (Lipinski definition) is 2. The molecule has 12 heavy (non-hydrogen) atoms. The molecule has 0 unspecified atom stereocenters. The van der Waals surface area contributed by atoms with Gasteiger partial charge in [0.15, 0.2) is 0 Å². The first kappa shape index (κ1) is 13.6. The molecule has 0 radical (unpaired) electrons. The van der Waals surface area contributed by atoms with E-state index in [-0.39, 0.29) is 24.8 Å². The smallest absolute Gasteiger partial charge is 0.449 e. The highest BCUT2D eigenvalue weighted by Gasteiger charge is 1.96. The van der Waals surface area contributed by atoms with Crippen LogP contribution in [0.15, 0.2) is 30.3 Å². The van der Waals surface area contributed by atoms with Crippen LogP contribution in [0.4, 0.5) is 4.79 Å². The second-order valence-corrected chi connectivity index (χ2v) is 1.68. The third kappa shape index (κ3) is 4.82. The summed E-state index contributed by atoms with van der Waals surface area (Å²) in [5, 5.41) is 8.14. The van der Waals surface area contributed by atoms with Crippen molar-refractivity contribution in [1.29, 1.82) is 0 Å². The molecule has 1 aromatic carbocycles. The monoisotopic (exact) mass is 210 g/mol. The van der Waals surface area contributed by atoms with Crippen LogP contribution in [0.1, 0.15) is 0 Å². The van der Waals surface area contributed by atoms with E-state index in [9.17, 15) is 4.79 Å². The predicted octanol–water partition coefficient (Wildman–Crippen LogP) is 2.59. The number of rotatable bonds is 1. The Morgan fingerprint density at radius 3 is 2.08 bits per heavy atom. The van der Waals surface area contributed by atoms with Crippen molar-refractivity contribution < 1.29 is 14.6 Å². The van der Waals surface area contributed by atoms with Crippen LogP contribution in [0.2, 0.25) is 0 Å². The van der Waals surface area contributed by atoms with Crippen LogP contribution in [-0.2, 0) is 0 Å². The first-order chi connectivity index (χ1) is 4.79. The molecule has 0 bridgehead atoms. The molecule has 0 saturated carbocycles. The van der Waals surface area contributed by atoms with Gasteiger partial charge in [0.25, 0.3) is 0 Å². The van der Waals surface area contributed by atoms with Crippen molar-refractivity contribution in [1.82, 2.24) is 0 Å². The lowest BCUT2D eigenvalue weighted by atomic mass is 10.3. The van der Waals surface area contributed by atoms with Crippen LogP contribution in [-0.4, -0.2) is 11.3 Å². The van der Waals surface area contributed by atoms with Gasteiger partial charge in [-0.1, -0.05) is 18.2 Å². The van der Waals surface area contributed by atoms with Gasteiger partial charge in [-0.2, -0.15) is 0 Å². The summed E-state index contributed by atoms with van der Waals surface area (Å²) in [7, 11) is 0. The first-order valence-electron chi connectivity index (χ1n) is 2.75. The second-order valence-electron chi connectivity index (χ2n) is 1.68. The van der Waals surface area contributed by atoms with Gasteiger partial charge in [0, 0.05) is 0 Å². The summed E-state index contributed by atoms with van der Waals surface area (Å²) in [6, 6.07) is 8.35. The van der Waals surface area contributed by atoms with E-state index in [0.29, 0.717) is 5.75 Å². The van der Waals surface area contributed by atoms with Crippen molar-refractivity contribution in [2.45, 2.75) is 0 Å². The molecule has 0 aromatic heterocycles. The minimum absolute atomic E-state index is 0. The van der Waals surface area contributed by atoms with Crippen LogP contribution in [0.5, 0.6) is 5.75 Å². The molecule has 1 rings (SSSR count). The molecule has 0 saturated heterocycles. The van der Waals surface area contributed by atoms with Gasteiger partial charge in [0.2, 0.25) is 0 Å². The Kier molecular flexibility index (Phi) is 7.69. The van der Waals surface area contributed by atoms with E-state index < -0.39 is 6.16 Å². The number of benzene rings is 1. The summed E-state index contributed by atoms with van der Waals surface area (Å²) in [6.45, 7) is 0. The summed E-state index contributed by atoms with van der Waals surface area (Å²) in [5.74, 6) is 0.343. The lowest BCUT2D eigenvalue weighted by molar-refractivity contribution is 0.144. The SMILES string of the molecule is Cl.Cl.O=C(O)Oc1ccccc1. The van der Waals surface area contributed by atoms with Gasteiger partial charge in [-0.15, -0.1) is 24.8 Å². The van der Waals surface area contributed by atoms with Crippen LogP contribution in [0, 0.1) is 0 Å². The molecule has 0 heterocycles. The van der Waals surface area contributed by atoms with Crippen LogP contribution in [0.25, 0.3) is 0 Å². The van der Waals surface area contributed by atoms with Crippen LogP contribution < -0.4 is 4.74 Å². The second kappa shape index (κ2) is 6.76. The average Bonchev–Trinajstić information content (AvgIpc) is 1.88. The first-order valence-corrected chi connectivity index (χ1v) is 2.75. The molecule has 1 aromatic rings. The molecule has 3 nitrogen and oxygen atoms in total. The fourth-order valence-corrected chi connectivity index (χ4v) is 0.589. The lowest BCUT2D eigenvalue weighted by Gasteiger charge is -1.95. The number of para-hydroxylation sites is 1. The van der Waals surface area contributed by atoms with E-state index in [2.05, 4.69) is 4.74 Å². The Hall–Kier alpha value is -0.930. The number of halogens is 2. The average molecular weight is 211 g/mol. The topological polar surface area (TPSA) is 46.5 Å². The largest absolute Gasteiger partial charge is 0.511 e. The minimum atomic E-state index is -1.29. The number of hydrogen-bond donors (Lipinski definition) is 1. The Morgan fingerprint density at radius 1 is 1.17 bits per heavy atom. The van der Waals surface area contributed by atoms with Gasteiger partial charge in [0.1, 0.15) is 5.75 Å². The van der Waals surface area contributed by atoms with Crippen molar-refractivity contribution in [3.63, 3.8) is 0 Å². The molecule has 68 valence electrons. The lowest BCUT2D eigenvalue weighted by Crippen LogP contribution is -2.02. The van der Waals surface area contributed by atoms with E-state index >= 15 is 0 Å². The van der Waals surface area contributed by atoms with E-state index in [4.69, 9.17) is 5.11 Å². The molecular weight excluding hydrogens is 203 g/mol. The molecule has 0 atom stereocenters. The highest BCUT2D eigenvalue weighted by Crippen LogP contribution is 2.07. The van der Waals surface area contributed by atoms with Gasteiger partial charge >= 0.3 is 6.16 Å². The molecule has 0 aliphatic carbocycles. The fraction of sp³-hybridized carbons (Fsp3) is 0. The summed E-state index contributed by atoms with van der Waals surface area (Å²) >= 11 is 0. The molecule has 0 spiro atoms. The fourth-order valence-electron chi connectivity index (χ4n) is 0.589. The van der Waals surface area contributed by atoms with Crippen molar-refractivity contribution in [3.05, 3.63) is 30.3 Å². The summed E-state index contributed by atoms with van der Waals surface area (Å²) in [4.78, 5) is 9.95. The number of ether oxygens (including phenoxy) is 1. The van der Waals surface area contributed by atoms with Crippen molar-refractivity contribution in [2.24, 2.45) is 0 Å². The molecular formula is C7H8Cl2O3. The highest BCUT2D eigenvalue weighted by molar-refractivity contribution is 5.85. The summed E-state index contributed by atoms with van der Waals surface area (Å²) < 4.78 is 4.33. The van der Waals surface area contributed by atoms with Crippen molar-refractivity contribution in [3.8, 4) is 5.75 Å². The van der Waals surface area contributed by atoms with Crippen LogP contribution in [0.3, 0.4) is 0 Å². The summed E-state index contributed by atoms with van der Waals surface area (Å²) in [6.07, 6.45) is -1.29. The molecule has 0 aliphatic rings. The Bertz CT molecular complexity index is 225. The zero-order valence-corrected chi connectivity index (χ0v) is 7.60. The van der Waals surface area contributed by atoms with E-state index in [1.54, 1.807) is 30.3 Å². The quantitative estimate of drug-likeness (QED) is 0.573. The van der Waals surface area contributed by atoms with E-state index in [1.165, 1.54) is 0 Å². The normalized spacial score (nSPS) is 7.33. The summed E-state index contributed by atoms with van der Waals surface area (Å²) in [5.41, 5.74) is 0. The van der Waals surface area contributed by atoms with Crippen molar-refractivity contribution >= 4 is 31.0 Å². The minimum Gasteiger partial charge on any atom is -0.449 e. The zero-order chi connectivity index (χ0) is 7.40. The van der Waals surface area contributed by atoms with Gasteiger partial charge in [0.05, 0.1) is 0 Å². The maximum Gasteiger partial charge on any atom is 0.511 e. The van der Waals surface area contributed by atoms with E-state index in [0.717, 1.165) is 0 Å².